The Hall–Kier alpha value is 0.860. The van der Waals surface area contributed by atoms with E-state index >= 15 is 0 Å². The predicted octanol–water partition coefficient (Wildman–Crippen LogP) is 3.94. The molecule has 2 heteroatoms. The smallest absolute Gasteiger partial charge is 0.00364 e. The quantitative estimate of drug-likeness (QED) is 0.559. The van der Waals surface area contributed by atoms with E-state index in [-0.39, 0.29) is 0 Å². The van der Waals surface area contributed by atoms with E-state index in [1.54, 1.807) is 0 Å². The summed E-state index contributed by atoms with van der Waals surface area (Å²) in [5.41, 5.74) is 0. The fourth-order valence-electron chi connectivity index (χ4n) is 1.43. The first kappa shape index (κ1) is 11.9. The van der Waals surface area contributed by atoms with Gasteiger partial charge in [0.05, 0.1) is 0 Å². The molecule has 0 nitrogen and oxygen atoms in total. The standard InChI is InChI=1S/C9H22P2/c1-5-9(10-6-2)11(7-3)8-4/h9-10H,5-8H2,1-4H3. The highest BCUT2D eigenvalue weighted by Crippen LogP contribution is 2.50. The van der Waals surface area contributed by atoms with Gasteiger partial charge < -0.3 is 0 Å². The Morgan fingerprint density at radius 2 is 1.64 bits per heavy atom. The molecule has 0 aliphatic rings. The molecule has 0 bridgehead atoms. The average Bonchev–Trinajstić information content (AvgIpc) is 2.05. The molecule has 0 saturated heterocycles. The molecule has 0 heterocycles. The molecule has 0 spiro atoms. The lowest BCUT2D eigenvalue weighted by Crippen LogP contribution is -2.00. The zero-order chi connectivity index (χ0) is 8.69. The topological polar surface area (TPSA) is 0 Å². The predicted molar refractivity (Wildman–Crippen MR) is 60.9 cm³/mol. The van der Waals surface area contributed by atoms with Gasteiger partial charge in [-0.1, -0.05) is 35.6 Å². The summed E-state index contributed by atoms with van der Waals surface area (Å²) in [7, 11) is 1.62. The minimum atomic E-state index is 0.387. The summed E-state index contributed by atoms with van der Waals surface area (Å²) < 4.78 is 0. The fraction of sp³-hybridized carbons (Fsp3) is 1.00. The Kier molecular flexibility index (Phi) is 8.09. The highest BCUT2D eigenvalue weighted by Gasteiger charge is 2.13. The first-order chi connectivity index (χ1) is 5.29. The molecular formula is C9H22P2. The van der Waals surface area contributed by atoms with Gasteiger partial charge in [-0.05, 0) is 30.3 Å². The summed E-state index contributed by atoms with van der Waals surface area (Å²) in [5, 5.41) is 1.09. The van der Waals surface area contributed by atoms with Gasteiger partial charge in [0.1, 0.15) is 0 Å². The minimum absolute atomic E-state index is 0.387. The Morgan fingerprint density at radius 1 is 1.09 bits per heavy atom. The highest BCUT2D eigenvalue weighted by atomic mass is 31.2. The van der Waals surface area contributed by atoms with Gasteiger partial charge in [-0.15, -0.1) is 8.58 Å². The van der Waals surface area contributed by atoms with Gasteiger partial charge in [0.15, 0.2) is 0 Å². The van der Waals surface area contributed by atoms with Crippen LogP contribution < -0.4 is 0 Å². The first-order valence-electron chi connectivity index (χ1n) is 4.77. The molecule has 0 aliphatic heterocycles. The van der Waals surface area contributed by atoms with Gasteiger partial charge in [-0.2, -0.15) is 0 Å². The number of rotatable bonds is 6. The van der Waals surface area contributed by atoms with E-state index in [1.807, 2.05) is 0 Å². The van der Waals surface area contributed by atoms with E-state index in [2.05, 4.69) is 27.7 Å². The van der Waals surface area contributed by atoms with E-state index in [0.717, 1.165) is 5.40 Å². The zero-order valence-electron chi connectivity index (χ0n) is 8.35. The van der Waals surface area contributed by atoms with Crippen LogP contribution in [-0.4, -0.2) is 23.9 Å². The van der Waals surface area contributed by atoms with E-state index < -0.39 is 0 Å². The van der Waals surface area contributed by atoms with Crippen molar-refractivity contribution >= 4 is 16.5 Å². The molecule has 0 fully saturated rings. The third kappa shape index (κ3) is 4.44. The second-order valence-corrected chi connectivity index (χ2v) is 8.07. The second-order valence-electron chi connectivity index (χ2n) is 2.70. The summed E-state index contributed by atoms with van der Waals surface area (Å²) in [6, 6.07) is 0. The van der Waals surface area contributed by atoms with Crippen molar-refractivity contribution in [1.29, 1.82) is 0 Å². The van der Waals surface area contributed by atoms with Crippen molar-refractivity contribution in [2.45, 2.75) is 39.5 Å². The van der Waals surface area contributed by atoms with Crippen molar-refractivity contribution in [2.24, 2.45) is 0 Å². The average molecular weight is 192 g/mol. The molecule has 0 saturated carbocycles. The lowest BCUT2D eigenvalue weighted by Gasteiger charge is -2.24. The maximum Gasteiger partial charge on any atom is -0.00364 e. The van der Waals surface area contributed by atoms with Crippen LogP contribution in [0, 0.1) is 0 Å². The maximum absolute atomic E-state index is 2.36. The van der Waals surface area contributed by atoms with Gasteiger partial charge >= 0.3 is 0 Å². The Bertz CT molecular complexity index is 79.6. The van der Waals surface area contributed by atoms with Gasteiger partial charge in [0.2, 0.25) is 0 Å². The Balaban J connectivity index is 3.76. The van der Waals surface area contributed by atoms with Gasteiger partial charge in [-0.25, -0.2) is 0 Å². The molecule has 0 aliphatic carbocycles. The number of hydrogen-bond acceptors (Lipinski definition) is 0. The summed E-state index contributed by atoms with van der Waals surface area (Å²) in [5.74, 6) is 0. The van der Waals surface area contributed by atoms with Crippen molar-refractivity contribution in [3.63, 3.8) is 0 Å². The second kappa shape index (κ2) is 7.51. The van der Waals surface area contributed by atoms with Crippen LogP contribution in [0.1, 0.15) is 34.1 Å². The van der Waals surface area contributed by atoms with E-state index in [9.17, 15) is 0 Å². The van der Waals surface area contributed by atoms with Crippen molar-refractivity contribution in [3.05, 3.63) is 0 Å². The Morgan fingerprint density at radius 3 is 1.91 bits per heavy atom. The molecule has 0 radical (unpaired) electrons. The van der Waals surface area contributed by atoms with E-state index in [0.29, 0.717) is 7.92 Å². The van der Waals surface area contributed by atoms with Crippen LogP contribution in [0.25, 0.3) is 0 Å². The fourth-order valence-corrected chi connectivity index (χ4v) is 6.71. The number of hydrogen-bond donors (Lipinski definition) is 0. The molecule has 0 amide bonds. The largest absolute Gasteiger partial charge is 0.115 e. The van der Waals surface area contributed by atoms with Crippen LogP contribution in [-0.2, 0) is 0 Å². The third-order valence-corrected chi connectivity index (χ3v) is 7.88. The molecule has 0 aromatic rings. The molecule has 2 unspecified atom stereocenters. The van der Waals surface area contributed by atoms with Crippen LogP contribution in [0.15, 0.2) is 0 Å². The molecule has 0 N–H and O–H groups in total. The molecular weight excluding hydrogens is 170 g/mol. The van der Waals surface area contributed by atoms with Crippen molar-refractivity contribution < 1.29 is 0 Å². The highest BCUT2D eigenvalue weighted by molar-refractivity contribution is 7.68. The Labute approximate surface area is 75.1 Å². The third-order valence-electron chi connectivity index (χ3n) is 2.08. The lowest BCUT2D eigenvalue weighted by atomic mass is 10.6. The lowest BCUT2D eigenvalue weighted by molar-refractivity contribution is 1.03. The van der Waals surface area contributed by atoms with Gasteiger partial charge in [0, 0.05) is 0 Å². The summed E-state index contributed by atoms with van der Waals surface area (Å²) in [6.45, 7) is 9.39. The SMILES string of the molecule is CCPC(CC)P(CC)CC. The molecule has 0 rings (SSSR count). The van der Waals surface area contributed by atoms with Crippen LogP contribution in [0.2, 0.25) is 0 Å². The van der Waals surface area contributed by atoms with Crippen molar-refractivity contribution in [3.8, 4) is 0 Å². The minimum Gasteiger partial charge on any atom is -0.115 e. The summed E-state index contributed by atoms with van der Waals surface area (Å²) in [4.78, 5) is 0. The van der Waals surface area contributed by atoms with Crippen LogP contribution in [0.5, 0.6) is 0 Å². The maximum atomic E-state index is 2.36. The molecule has 0 aromatic heterocycles. The molecule has 11 heavy (non-hydrogen) atoms. The van der Waals surface area contributed by atoms with Gasteiger partial charge in [0.25, 0.3) is 0 Å². The van der Waals surface area contributed by atoms with Crippen LogP contribution >= 0.6 is 16.5 Å². The zero-order valence-corrected chi connectivity index (χ0v) is 10.2. The van der Waals surface area contributed by atoms with E-state index in [4.69, 9.17) is 0 Å². The van der Waals surface area contributed by atoms with E-state index in [1.165, 1.54) is 33.5 Å². The molecule has 68 valence electrons. The monoisotopic (exact) mass is 192 g/mol. The summed E-state index contributed by atoms with van der Waals surface area (Å²) in [6.07, 6.45) is 5.70. The first-order valence-corrected chi connectivity index (χ1v) is 7.84. The van der Waals surface area contributed by atoms with Crippen LogP contribution in [0.4, 0.5) is 0 Å². The van der Waals surface area contributed by atoms with Crippen molar-refractivity contribution in [1.82, 2.24) is 0 Å². The molecule has 2 atom stereocenters. The molecule has 0 aromatic carbocycles. The normalized spacial score (nSPS) is 15.0. The van der Waals surface area contributed by atoms with Crippen LogP contribution in [0.3, 0.4) is 0 Å². The van der Waals surface area contributed by atoms with Gasteiger partial charge in [-0.3, -0.25) is 0 Å². The summed E-state index contributed by atoms with van der Waals surface area (Å²) >= 11 is 0. The van der Waals surface area contributed by atoms with Crippen molar-refractivity contribution in [2.75, 3.05) is 18.5 Å².